The maximum atomic E-state index is 14.5. The minimum atomic E-state index is -0.735. The molecule has 0 aromatic heterocycles. The van der Waals surface area contributed by atoms with Crippen LogP contribution < -0.4 is 0 Å². The molecule has 0 heterocycles. The molecule has 0 bridgehead atoms. The Morgan fingerprint density at radius 3 is 1.33 bits per heavy atom. The lowest BCUT2D eigenvalue weighted by atomic mass is 9.80. The number of fused-ring (bicyclic) bond motifs is 3. The molecular weight excluding hydrogens is 799 g/mol. The van der Waals surface area contributed by atoms with Crippen LogP contribution in [0.25, 0.3) is 32.3 Å². The van der Waals surface area contributed by atoms with Crippen LogP contribution in [0.3, 0.4) is 0 Å². The van der Waals surface area contributed by atoms with E-state index in [-0.39, 0.29) is 0 Å². The Morgan fingerprint density at radius 2 is 0.873 bits per heavy atom. The Kier molecular flexibility index (Phi) is 15.5. The Bertz CT molecular complexity index is 2740. The van der Waals surface area contributed by atoms with E-state index < -0.39 is 34.9 Å². The number of hydrogen-bond donors (Lipinski definition) is 0. The minimum Gasteiger partial charge on any atom is -0.203 e. The molecular formula is C57H62F6. The molecule has 0 nitrogen and oxygen atoms in total. The second-order valence-electron chi connectivity index (χ2n) is 18.3. The maximum Gasteiger partial charge on any atom is 0.167 e. The molecule has 6 heteroatoms. The predicted molar refractivity (Wildman–Crippen MR) is 252 cm³/mol. The van der Waals surface area contributed by atoms with Crippen molar-refractivity contribution >= 4 is 32.3 Å². The molecule has 7 aromatic carbocycles. The van der Waals surface area contributed by atoms with Gasteiger partial charge in [-0.3, -0.25) is 0 Å². The summed E-state index contributed by atoms with van der Waals surface area (Å²) < 4.78 is 86.3. The molecule has 0 unspecified atom stereocenters. The van der Waals surface area contributed by atoms with E-state index in [4.69, 9.17) is 0 Å². The highest BCUT2D eigenvalue weighted by Gasteiger charge is 2.23. The number of aryl methyl sites for hydroxylation is 8. The fourth-order valence-electron chi connectivity index (χ4n) is 9.05. The molecule has 0 spiro atoms. The van der Waals surface area contributed by atoms with Crippen molar-refractivity contribution in [2.45, 2.75) is 127 Å². The van der Waals surface area contributed by atoms with Crippen LogP contribution in [0.1, 0.15) is 120 Å². The van der Waals surface area contributed by atoms with Gasteiger partial charge in [-0.2, -0.15) is 0 Å². The van der Waals surface area contributed by atoms with Gasteiger partial charge in [0.05, 0.1) is 0 Å². The van der Waals surface area contributed by atoms with Crippen LogP contribution in [0.15, 0.2) is 78.9 Å². The lowest BCUT2D eigenvalue weighted by molar-refractivity contribution is 0.286. The van der Waals surface area contributed by atoms with Gasteiger partial charge in [0.2, 0.25) is 0 Å². The Morgan fingerprint density at radius 1 is 0.460 bits per heavy atom. The van der Waals surface area contributed by atoms with Gasteiger partial charge in [0.1, 0.15) is 0 Å². The molecule has 1 saturated carbocycles. The second kappa shape index (κ2) is 20.6. The van der Waals surface area contributed by atoms with Gasteiger partial charge < -0.3 is 0 Å². The van der Waals surface area contributed by atoms with Crippen LogP contribution in [0.5, 0.6) is 0 Å². The molecule has 0 aliphatic heterocycles. The van der Waals surface area contributed by atoms with Crippen LogP contribution >= 0.6 is 0 Å². The third-order valence-corrected chi connectivity index (χ3v) is 13.6. The van der Waals surface area contributed by atoms with Crippen molar-refractivity contribution in [3.8, 4) is 0 Å². The molecule has 1 aliphatic carbocycles. The van der Waals surface area contributed by atoms with Crippen molar-refractivity contribution in [1.82, 2.24) is 0 Å². The fraction of sp³-hybridized carbons (Fsp3) is 0.368. The van der Waals surface area contributed by atoms with Crippen molar-refractivity contribution in [3.63, 3.8) is 0 Å². The summed E-state index contributed by atoms with van der Waals surface area (Å²) in [6, 6.07) is 24.9. The standard InChI is InChI=1S/C20H24F2.C20H18F2.C17H20F2/c2*1-12-4-7-15(8-5-12)10-17-11-16-9-6-13(2)14(3)18(16)20(22)19(17)21;1-4-5-6-7-14-10-13-9-8-11(2)12(3)15(13)17(19)16(14)18/h6,9,11-12,15H,4-5,7-8,10H2,1-3H3;4-9,11H,10H2,1-3H3;8-10H,4-7H2,1-3H3. The van der Waals surface area contributed by atoms with Gasteiger partial charge in [-0.05, 0) is 182 Å². The van der Waals surface area contributed by atoms with Gasteiger partial charge in [-0.15, -0.1) is 0 Å². The molecule has 1 fully saturated rings. The van der Waals surface area contributed by atoms with E-state index in [2.05, 4.69) is 13.8 Å². The first-order chi connectivity index (χ1) is 30.0. The summed E-state index contributed by atoms with van der Waals surface area (Å²) in [5.74, 6) is -2.86. The van der Waals surface area contributed by atoms with Gasteiger partial charge in [-0.25, -0.2) is 26.3 Å². The number of benzene rings is 7. The molecule has 0 radical (unpaired) electrons. The molecule has 1 aliphatic rings. The zero-order chi connectivity index (χ0) is 45.7. The Balaban J connectivity index is 0.000000158. The number of unbranched alkanes of at least 4 members (excludes halogenated alkanes) is 2. The molecule has 0 amide bonds. The highest BCUT2D eigenvalue weighted by Crippen LogP contribution is 2.35. The minimum absolute atomic E-state index is 0.394. The van der Waals surface area contributed by atoms with E-state index >= 15 is 0 Å². The maximum absolute atomic E-state index is 14.5. The summed E-state index contributed by atoms with van der Waals surface area (Å²) in [5.41, 5.74) is 9.01. The van der Waals surface area contributed by atoms with Crippen molar-refractivity contribution in [1.29, 1.82) is 0 Å². The van der Waals surface area contributed by atoms with Gasteiger partial charge in [0.15, 0.2) is 34.9 Å². The van der Waals surface area contributed by atoms with E-state index in [9.17, 15) is 26.3 Å². The highest BCUT2D eigenvalue weighted by molar-refractivity contribution is 5.89. The summed E-state index contributed by atoms with van der Waals surface area (Å²) in [6.45, 7) is 17.7. The number of hydrogen-bond acceptors (Lipinski definition) is 0. The molecule has 8 rings (SSSR count). The molecule has 63 heavy (non-hydrogen) atoms. The van der Waals surface area contributed by atoms with E-state index in [0.29, 0.717) is 58.0 Å². The molecule has 7 aromatic rings. The van der Waals surface area contributed by atoms with Crippen LogP contribution in [-0.2, 0) is 19.3 Å². The SMILES string of the molecule is CCCCCc1cc2ccc(C)c(C)c2c(F)c1F.Cc1ccc(Cc2cc3ccc(C)c(C)c3c(F)c2F)cc1.Cc1ccc2cc(CC3CCC(C)CC3)c(F)c(F)c2c1C. The van der Waals surface area contributed by atoms with Gasteiger partial charge in [0, 0.05) is 22.6 Å². The predicted octanol–water partition coefficient (Wildman–Crippen LogP) is 17.2. The van der Waals surface area contributed by atoms with Crippen molar-refractivity contribution in [3.05, 3.63) is 175 Å². The van der Waals surface area contributed by atoms with Crippen LogP contribution in [0, 0.1) is 95.2 Å². The van der Waals surface area contributed by atoms with Crippen molar-refractivity contribution < 1.29 is 26.3 Å². The van der Waals surface area contributed by atoms with E-state index in [1.54, 1.807) is 12.1 Å². The molecule has 0 atom stereocenters. The first-order valence-corrected chi connectivity index (χ1v) is 22.7. The topological polar surface area (TPSA) is 0 Å². The monoisotopic (exact) mass is 860 g/mol. The van der Waals surface area contributed by atoms with Gasteiger partial charge in [0.25, 0.3) is 0 Å². The normalized spacial score (nSPS) is 15.0. The smallest absolute Gasteiger partial charge is 0.167 e. The van der Waals surface area contributed by atoms with E-state index in [0.717, 1.165) is 98.7 Å². The van der Waals surface area contributed by atoms with Crippen LogP contribution in [0.4, 0.5) is 26.3 Å². The van der Waals surface area contributed by atoms with E-state index in [1.807, 2.05) is 115 Å². The summed E-state index contributed by atoms with van der Waals surface area (Å²) in [6.07, 6.45) is 9.39. The molecule has 332 valence electrons. The summed E-state index contributed by atoms with van der Waals surface area (Å²) in [5, 5.41) is 3.64. The molecule has 0 saturated heterocycles. The lowest BCUT2D eigenvalue weighted by Gasteiger charge is -2.26. The summed E-state index contributed by atoms with van der Waals surface area (Å²) in [7, 11) is 0. The summed E-state index contributed by atoms with van der Waals surface area (Å²) >= 11 is 0. The number of rotatable bonds is 8. The van der Waals surface area contributed by atoms with Gasteiger partial charge >= 0.3 is 0 Å². The van der Waals surface area contributed by atoms with Crippen molar-refractivity contribution in [2.75, 3.05) is 0 Å². The second-order valence-corrected chi connectivity index (χ2v) is 18.3. The summed E-state index contributed by atoms with van der Waals surface area (Å²) in [4.78, 5) is 0. The van der Waals surface area contributed by atoms with E-state index in [1.165, 1.54) is 12.8 Å². The Hall–Kier alpha value is -5.10. The first-order valence-electron chi connectivity index (χ1n) is 22.7. The fourth-order valence-corrected chi connectivity index (χ4v) is 9.05. The third kappa shape index (κ3) is 10.6. The molecule has 0 N–H and O–H groups in total. The van der Waals surface area contributed by atoms with Crippen molar-refractivity contribution in [2.24, 2.45) is 11.8 Å². The van der Waals surface area contributed by atoms with Crippen LogP contribution in [-0.4, -0.2) is 0 Å². The first kappa shape index (κ1) is 47.4. The largest absolute Gasteiger partial charge is 0.203 e. The average molecular weight is 861 g/mol. The highest BCUT2D eigenvalue weighted by atomic mass is 19.2. The zero-order valence-corrected chi connectivity index (χ0v) is 38.5. The average Bonchev–Trinajstić information content (AvgIpc) is 3.26. The quantitative estimate of drug-likeness (QED) is 0.105. The third-order valence-electron chi connectivity index (χ3n) is 13.6. The Labute approximate surface area is 370 Å². The zero-order valence-electron chi connectivity index (χ0n) is 38.5. The lowest BCUT2D eigenvalue weighted by Crippen LogP contribution is -2.15. The van der Waals surface area contributed by atoms with Crippen LogP contribution in [0.2, 0.25) is 0 Å². The van der Waals surface area contributed by atoms with Gasteiger partial charge in [-0.1, -0.05) is 106 Å². The number of halogens is 6.